The summed E-state index contributed by atoms with van der Waals surface area (Å²) >= 11 is 0. The monoisotopic (exact) mass is 328 g/mol. The van der Waals surface area contributed by atoms with Crippen molar-refractivity contribution in [3.63, 3.8) is 0 Å². The second-order valence-corrected chi connectivity index (χ2v) is 4.83. The fourth-order valence-electron chi connectivity index (χ4n) is 1.36. The molecule has 0 aromatic heterocycles. The molecule has 0 spiro atoms. The van der Waals surface area contributed by atoms with Crippen LogP contribution in [-0.4, -0.2) is 63.7 Å². The van der Waals surface area contributed by atoms with Crippen LogP contribution in [0.5, 0.6) is 0 Å². The minimum atomic E-state index is -0.843. The fraction of sp³-hybridized carbons (Fsp3) is 0.909. The van der Waals surface area contributed by atoms with Gasteiger partial charge in [-0.2, -0.15) is 0 Å². The first-order valence-electron chi connectivity index (χ1n) is 6.76. The van der Waals surface area contributed by atoms with Crippen LogP contribution in [0.2, 0.25) is 0 Å². The quantitative estimate of drug-likeness (QED) is 0.234. The Kier molecular flexibility index (Phi) is 11.9. The summed E-state index contributed by atoms with van der Waals surface area (Å²) in [4.78, 5) is 20.0. The van der Waals surface area contributed by atoms with Crippen LogP contribution in [0.15, 0.2) is 0 Å². The molecule has 0 bridgehead atoms. The van der Waals surface area contributed by atoms with Gasteiger partial charge >= 0.3 is 6.16 Å². The molecule has 132 valence electrons. The molecule has 0 rings (SSSR count). The molecular weight excluding hydrogens is 304 g/mol. The van der Waals surface area contributed by atoms with Gasteiger partial charge < -0.3 is 9.47 Å². The summed E-state index contributed by atoms with van der Waals surface area (Å²) in [6, 6.07) is 0. The lowest BCUT2D eigenvalue weighted by molar-refractivity contribution is -0.527. The molecule has 22 heavy (non-hydrogen) atoms. The van der Waals surface area contributed by atoms with Crippen molar-refractivity contribution in [3.8, 4) is 0 Å². The molecule has 0 fully saturated rings. The summed E-state index contributed by atoms with van der Waals surface area (Å²) in [7, 11) is 0. The Morgan fingerprint density at radius 2 is 1.68 bits per heavy atom. The van der Waals surface area contributed by atoms with E-state index in [1.165, 1.54) is 0 Å². The summed E-state index contributed by atoms with van der Waals surface area (Å²) < 4.78 is 9.63. The van der Waals surface area contributed by atoms with Crippen LogP contribution < -0.4 is 0 Å². The number of hydrogen-bond donors (Lipinski definition) is 4. The normalized spacial score (nSPS) is 13.0. The molecule has 0 radical (unpaired) electrons. The maximum absolute atomic E-state index is 11.1. The molecule has 0 saturated heterocycles. The second-order valence-electron chi connectivity index (χ2n) is 4.83. The second kappa shape index (κ2) is 12.5. The predicted octanol–water partition coefficient (Wildman–Crippen LogP) is 1.36. The molecule has 0 aliphatic rings. The van der Waals surface area contributed by atoms with Gasteiger partial charge in [0, 0.05) is 0 Å². The molecule has 0 amide bonds. The van der Waals surface area contributed by atoms with E-state index in [4.69, 9.17) is 30.3 Å². The van der Waals surface area contributed by atoms with Crippen molar-refractivity contribution < 1.29 is 44.8 Å². The maximum Gasteiger partial charge on any atom is 0.508 e. The van der Waals surface area contributed by atoms with E-state index in [0.717, 1.165) is 0 Å². The van der Waals surface area contributed by atoms with Crippen molar-refractivity contribution in [3.05, 3.63) is 0 Å². The highest BCUT2D eigenvalue weighted by Crippen LogP contribution is 2.08. The van der Waals surface area contributed by atoms with Gasteiger partial charge in [0.15, 0.2) is 0 Å². The molecule has 0 aromatic rings. The Labute approximate surface area is 127 Å². The zero-order valence-corrected chi connectivity index (χ0v) is 12.6. The van der Waals surface area contributed by atoms with Crippen LogP contribution in [0.1, 0.15) is 33.1 Å². The van der Waals surface area contributed by atoms with Gasteiger partial charge in [-0.05, 0) is 25.2 Å². The minimum absolute atomic E-state index is 0.137. The van der Waals surface area contributed by atoms with Crippen LogP contribution >= 0.6 is 0 Å². The van der Waals surface area contributed by atoms with Crippen LogP contribution in [0.3, 0.4) is 0 Å². The van der Waals surface area contributed by atoms with Crippen molar-refractivity contribution >= 4 is 6.16 Å². The number of carbonyl (C=O) groups is 1. The number of ether oxygens (including phenoxy) is 2. The Balaban J connectivity index is 3.76. The molecule has 0 unspecified atom stereocenters. The van der Waals surface area contributed by atoms with Crippen molar-refractivity contribution in [2.45, 2.75) is 39.2 Å². The van der Waals surface area contributed by atoms with E-state index in [2.05, 4.69) is 9.68 Å². The van der Waals surface area contributed by atoms with E-state index < -0.39 is 23.0 Å². The largest absolute Gasteiger partial charge is 0.508 e. The predicted molar refractivity (Wildman–Crippen MR) is 67.6 cm³/mol. The van der Waals surface area contributed by atoms with E-state index >= 15 is 0 Å². The van der Waals surface area contributed by atoms with Crippen molar-refractivity contribution in [2.24, 2.45) is 5.92 Å². The highest BCUT2D eigenvalue weighted by molar-refractivity contribution is 5.59. The molecule has 0 heterocycles. The number of carbonyl (C=O) groups excluding carboxylic acids is 1. The zero-order chi connectivity index (χ0) is 17.0. The Morgan fingerprint density at radius 3 is 2.23 bits per heavy atom. The summed E-state index contributed by atoms with van der Waals surface area (Å²) in [6.45, 7) is 3.90. The van der Waals surface area contributed by atoms with E-state index in [-0.39, 0.29) is 32.2 Å². The van der Waals surface area contributed by atoms with Gasteiger partial charge in [-0.3, -0.25) is 20.8 Å². The average Bonchev–Trinajstić information content (AvgIpc) is 2.41. The summed E-state index contributed by atoms with van der Waals surface area (Å²) in [5.74, 6) is 0.225. The van der Waals surface area contributed by atoms with Crippen LogP contribution in [0.4, 0.5) is 4.79 Å². The SMILES string of the molecule is CC(C)COC(=O)OCCCC[C@@H](CON(O)O)ON(O)O. The van der Waals surface area contributed by atoms with Gasteiger partial charge in [0.25, 0.3) is 0 Å². The Bertz CT molecular complexity index is 289. The van der Waals surface area contributed by atoms with Crippen molar-refractivity contribution in [1.82, 2.24) is 10.8 Å². The van der Waals surface area contributed by atoms with Gasteiger partial charge in [-0.25, -0.2) is 14.5 Å². The lowest BCUT2D eigenvalue weighted by Gasteiger charge is -2.18. The Hall–Kier alpha value is -1.05. The molecule has 0 aliphatic carbocycles. The van der Waals surface area contributed by atoms with Crippen molar-refractivity contribution in [2.75, 3.05) is 19.8 Å². The molecule has 4 N–H and O–H groups in total. The molecule has 0 aromatic carbocycles. The van der Waals surface area contributed by atoms with Crippen molar-refractivity contribution in [1.29, 1.82) is 0 Å². The smallest absolute Gasteiger partial charge is 0.434 e. The molecule has 0 saturated carbocycles. The van der Waals surface area contributed by atoms with Gasteiger partial charge in [0.05, 0.1) is 24.0 Å². The molecule has 11 nitrogen and oxygen atoms in total. The molecular formula is C11H24N2O9. The van der Waals surface area contributed by atoms with Gasteiger partial charge in [0.2, 0.25) is 0 Å². The first-order chi connectivity index (χ1) is 10.3. The van der Waals surface area contributed by atoms with Crippen LogP contribution in [-0.2, 0) is 19.1 Å². The lowest BCUT2D eigenvalue weighted by atomic mass is 10.2. The lowest BCUT2D eigenvalue weighted by Crippen LogP contribution is -2.31. The number of rotatable bonds is 12. The summed E-state index contributed by atoms with van der Waals surface area (Å²) in [5, 5.41) is 32.9. The van der Waals surface area contributed by atoms with Crippen LogP contribution in [0, 0.1) is 5.92 Å². The molecule has 11 heteroatoms. The van der Waals surface area contributed by atoms with E-state index in [0.29, 0.717) is 12.8 Å². The first kappa shape index (κ1) is 20.9. The highest BCUT2D eigenvalue weighted by atomic mass is 17.1. The highest BCUT2D eigenvalue weighted by Gasteiger charge is 2.15. The van der Waals surface area contributed by atoms with Gasteiger partial charge in [-0.1, -0.05) is 13.8 Å². The zero-order valence-electron chi connectivity index (χ0n) is 12.6. The van der Waals surface area contributed by atoms with Gasteiger partial charge in [-0.15, -0.1) is 0 Å². The summed E-state index contributed by atoms with van der Waals surface area (Å²) in [5.41, 5.74) is 0. The molecule has 1 atom stereocenters. The Morgan fingerprint density at radius 1 is 1.00 bits per heavy atom. The molecule has 0 aliphatic heterocycles. The standard InChI is InChI=1S/C11H24N2O9/c1-9(2)7-20-11(14)19-6-4-3-5-10(22-13(17)18)8-21-12(15)16/h9-10,15-18H,3-8H2,1-2H3/t10-/m0/s1. The third-order valence-corrected chi connectivity index (χ3v) is 2.29. The third-order valence-electron chi connectivity index (χ3n) is 2.29. The van der Waals surface area contributed by atoms with Gasteiger partial charge in [0.1, 0.15) is 12.7 Å². The minimum Gasteiger partial charge on any atom is -0.434 e. The fourth-order valence-corrected chi connectivity index (χ4v) is 1.36. The van der Waals surface area contributed by atoms with E-state index in [1.807, 2.05) is 13.8 Å². The number of nitrogens with zero attached hydrogens (tertiary/aromatic N) is 2. The third kappa shape index (κ3) is 13.9. The number of hydrogen-bond acceptors (Lipinski definition) is 11. The topological polar surface area (TPSA) is 141 Å². The number of unbranched alkanes of at least 4 members (excludes halogenated alkanes) is 1. The maximum atomic E-state index is 11.1. The van der Waals surface area contributed by atoms with E-state index in [9.17, 15) is 4.79 Å². The summed E-state index contributed by atoms with van der Waals surface area (Å²) in [6.07, 6.45) is -0.316. The average molecular weight is 328 g/mol. The first-order valence-corrected chi connectivity index (χ1v) is 6.76. The van der Waals surface area contributed by atoms with E-state index in [1.54, 1.807) is 0 Å². The van der Waals surface area contributed by atoms with Crippen LogP contribution in [0.25, 0.3) is 0 Å².